The average Bonchev–Trinajstić information content (AvgIpc) is 2.38. The fourth-order valence-corrected chi connectivity index (χ4v) is 1.92. The number of nitrogens with one attached hydrogen (secondary N) is 1. The van der Waals surface area contributed by atoms with Crippen molar-refractivity contribution in [1.29, 1.82) is 0 Å². The molecule has 0 aliphatic rings. The van der Waals surface area contributed by atoms with Gasteiger partial charge < -0.3 is 9.47 Å². The van der Waals surface area contributed by atoms with Gasteiger partial charge in [0, 0.05) is 19.8 Å². The molecule has 3 N–H and O–H groups in total. The molecule has 1 aromatic rings. The minimum absolute atomic E-state index is 0.0595. The maximum Gasteiger partial charge on any atom is 0.387 e. The number of ether oxygens (including phenoxy) is 2. The van der Waals surface area contributed by atoms with Gasteiger partial charge in [-0.05, 0) is 30.0 Å². The predicted octanol–water partition coefficient (Wildman–Crippen LogP) is 2.47. The summed E-state index contributed by atoms with van der Waals surface area (Å²) in [5.74, 6) is 5.95. The zero-order valence-corrected chi connectivity index (χ0v) is 11.1. The second-order valence-electron chi connectivity index (χ2n) is 4.35. The molecule has 108 valence electrons. The molecule has 2 unspecified atom stereocenters. The molecule has 19 heavy (non-hydrogen) atoms. The van der Waals surface area contributed by atoms with Crippen LogP contribution in [-0.2, 0) is 4.74 Å². The summed E-state index contributed by atoms with van der Waals surface area (Å²) in [5, 5.41) is 0. The van der Waals surface area contributed by atoms with Crippen LogP contribution in [0.5, 0.6) is 5.75 Å². The first kappa shape index (κ1) is 15.8. The molecule has 0 spiro atoms. The minimum Gasteiger partial charge on any atom is -0.435 e. The van der Waals surface area contributed by atoms with Crippen LogP contribution in [-0.4, -0.2) is 20.3 Å². The van der Waals surface area contributed by atoms with Crippen molar-refractivity contribution in [3.63, 3.8) is 0 Å². The summed E-state index contributed by atoms with van der Waals surface area (Å²) in [5.41, 5.74) is 3.67. The normalized spacial score (nSPS) is 14.4. The van der Waals surface area contributed by atoms with E-state index in [1.165, 1.54) is 12.1 Å². The van der Waals surface area contributed by atoms with Gasteiger partial charge in [-0.25, -0.2) is 0 Å². The molecule has 0 saturated heterocycles. The largest absolute Gasteiger partial charge is 0.435 e. The molecule has 4 nitrogen and oxygen atoms in total. The van der Waals surface area contributed by atoms with Crippen LogP contribution in [0.25, 0.3) is 0 Å². The van der Waals surface area contributed by atoms with Crippen molar-refractivity contribution < 1.29 is 18.3 Å². The lowest BCUT2D eigenvalue weighted by Crippen LogP contribution is -2.33. The van der Waals surface area contributed by atoms with Crippen molar-refractivity contribution in [2.45, 2.75) is 26.0 Å². The SMILES string of the molecule is COCCC(C)C(NN)c1ccc(OC(F)F)cc1. The molecule has 6 heteroatoms. The molecule has 0 heterocycles. The van der Waals surface area contributed by atoms with E-state index in [-0.39, 0.29) is 17.7 Å². The number of hydrogen-bond donors (Lipinski definition) is 2. The third kappa shape index (κ3) is 5.10. The van der Waals surface area contributed by atoms with Crippen LogP contribution in [0.3, 0.4) is 0 Å². The van der Waals surface area contributed by atoms with Crippen LogP contribution < -0.4 is 16.0 Å². The number of methoxy groups -OCH3 is 1. The number of hydrogen-bond acceptors (Lipinski definition) is 4. The summed E-state index contributed by atoms with van der Waals surface area (Å²) in [6, 6.07) is 6.41. The Kier molecular flexibility index (Phi) is 6.69. The van der Waals surface area contributed by atoms with Crippen molar-refractivity contribution in [3.05, 3.63) is 29.8 Å². The second-order valence-corrected chi connectivity index (χ2v) is 4.35. The van der Waals surface area contributed by atoms with Gasteiger partial charge >= 0.3 is 6.61 Å². The highest BCUT2D eigenvalue weighted by atomic mass is 19.3. The second kappa shape index (κ2) is 8.04. The van der Waals surface area contributed by atoms with Gasteiger partial charge in [0.1, 0.15) is 5.75 Å². The monoisotopic (exact) mass is 274 g/mol. The molecule has 2 atom stereocenters. The molecule has 0 amide bonds. The van der Waals surface area contributed by atoms with Gasteiger partial charge in [-0.3, -0.25) is 11.3 Å². The van der Waals surface area contributed by atoms with Gasteiger partial charge in [0.15, 0.2) is 0 Å². The van der Waals surface area contributed by atoms with Crippen molar-refractivity contribution in [2.24, 2.45) is 11.8 Å². The van der Waals surface area contributed by atoms with Gasteiger partial charge in [-0.1, -0.05) is 19.1 Å². The zero-order valence-electron chi connectivity index (χ0n) is 11.1. The van der Waals surface area contributed by atoms with Crippen LogP contribution in [0.15, 0.2) is 24.3 Å². The summed E-state index contributed by atoms with van der Waals surface area (Å²) in [4.78, 5) is 0. The summed E-state index contributed by atoms with van der Waals surface area (Å²) in [6.07, 6.45) is 0.848. The highest BCUT2D eigenvalue weighted by molar-refractivity contribution is 5.29. The van der Waals surface area contributed by atoms with E-state index in [0.717, 1.165) is 12.0 Å². The van der Waals surface area contributed by atoms with E-state index in [0.29, 0.717) is 6.61 Å². The summed E-state index contributed by atoms with van der Waals surface area (Å²) in [7, 11) is 1.65. The van der Waals surface area contributed by atoms with Crippen LogP contribution in [0.1, 0.15) is 24.9 Å². The smallest absolute Gasteiger partial charge is 0.387 e. The molecule has 0 radical (unpaired) electrons. The molecule has 0 fully saturated rings. The van der Waals surface area contributed by atoms with Crippen LogP contribution >= 0.6 is 0 Å². The predicted molar refractivity (Wildman–Crippen MR) is 68.8 cm³/mol. The summed E-state index contributed by atoms with van der Waals surface area (Å²) >= 11 is 0. The molecular formula is C13H20F2N2O2. The number of hydrazine groups is 1. The van der Waals surface area contributed by atoms with E-state index in [1.807, 2.05) is 6.92 Å². The summed E-state index contributed by atoms with van der Waals surface area (Å²) in [6.45, 7) is -0.117. The first-order valence-corrected chi connectivity index (χ1v) is 6.08. The highest BCUT2D eigenvalue weighted by Gasteiger charge is 2.18. The Morgan fingerprint density at radius 1 is 1.26 bits per heavy atom. The Morgan fingerprint density at radius 3 is 2.37 bits per heavy atom. The van der Waals surface area contributed by atoms with E-state index < -0.39 is 6.61 Å². The molecular weight excluding hydrogens is 254 g/mol. The lowest BCUT2D eigenvalue weighted by Gasteiger charge is -2.23. The standard InChI is InChI=1S/C13H20F2N2O2/c1-9(7-8-18-2)12(17-16)10-3-5-11(6-4-10)19-13(14)15/h3-6,9,12-13,17H,7-8,16H2,1-2H3. The Morgan fingerprint density at radius 2 is 1.89 bits per heavy atom. The molecule has 1 rings (SSSR count). The number of benzene rings is 1. The molecule has 0 aliphatic heterocycles. The molecule has 1 aromatic carbocycles. The van der Waals surface area contributed by atoms with Gasteiger partial charge in [-0.15, -0.1) is 0 Å². The maximum atomic E-state index is 12.0. The van der Waals surface area contributed by atoms with E-state index in [4.69, 9.17) is 10.6 Å². The van der Waals surface area contributed by atoms with Gasteiger partial charge in [-0.2, -0.15) is 8.78 Å². The third-order valence-corrected chi connectivity index (χ3v) is 2.99. The quantitative estimate of drug-likeness (QED) is 0.565. The first-order chi connectivity index (χ1) is 9.08. The highest BCUT2D eigenvalue weighted by Crippen LogP contribution is 2.26. The number of halogens is 2. The Balaban J connectivity index is 2.70. The fourth-order valence-electron chi connectivity index (χ4n) is 1.92. The Labute approximate surface area is 111 Å². The fraction of sp³-hybridized carbons (Fsp3) is 0.538. The van der Waals surface area contributed by atoms with Gasteiger partial charge in [0.25, 0.3) is 0 Å². The molecule has 0 aliphatic carbocycles. The molecule has 0 aromatic heterocycles. The lowest BCUT2D eigenvalue weighted by molar-refractivity contribution is -0.0498. The topological polar surface area (TPSA) is 56.5 Å². The summed E-state index contributed by atoms with van der Waals surface area (Å²) < 4.78 is 33.4. The zero-order chi connectivity index (χ0) is 14.3. The Bertz CT molecular complexity index is 360. The van der Waals surface area contributed by atoms with E-state index in [9.17, 15) is 8.78 Å². The van der Waals surface area contributed by atoms with E-state index in [2.05, 4.69) is 10.2 Å². The maximum absolute atomic E-state index is 12.0. The van der Waals surface area contributed by atoms with E-state index in [1.54, 1.807) is 19.2 Å². The first-order valence-electron chi connectivity index (χ1n) is 6.08. The molecule has 0 saturated carbocycles. The molecule has 0 bridgehead atoms. The van der Waals surface area contributed by atoms with Crippen LogP contribution in [0.2, 0.25) is 0 Å². The van der Waals surface area contributed by atoms with Crippen molar-refractivity contribution in [1.82, 2.24) is 5.43 Å². The lowest BCUT2D eigenvalue weighted by atomic mass is 9.92. The van der Waals surface area contributed by atoms with Crippen LogP contribution in [0.4, 0.5) is 8.78 Å². The van der Waals surface area contributed by atoms with E-state index >= 15 is 0 Å². The third-order valence-electron chi connectivity index (χ3n) is 2.99. The number of nitrogens with two attached hydrogens (primary N) is 1. The Hall–Kier alpha value is -1.24. The van der Waals surface area contributed by atoms with Gasteiger partial charge in [0.05, 0.1) is 0 Å². The van der Waals surface area contributed by atoms with Crippen molar-refractivity contribution in [2.75, 3.05) is 13.7 Å². The van der Waals surface area contributed by atoms with Crippen molar-refractivity contribution >= 4 is 0 Å². The number of alkyl halides is 2. The average molecular weight is 274 g/mol. The van der Waals surface area contributed by atoms with Gasteiger partial charge in [0.2, 0.25) is 0 Å². The van der Waals surface area contributed by atoms with Crippen molar-refractivity contribution in [3.8, 4) is 5.75 Å². The number of rotatable bonds is 8. The minimum atomic E-state index is -2.81. The van der Waals surface area contributed by atoms with Crippen LogP contribution in [0, 0.1) is 5.92 Å².